The SMILES string of the molecule is CC[C@@H](C(=O)N1CCc2ccccc2C1)N(c1cc(C)cc(C)c1)S(C)(=O)=O. The van der Waals surface area contributed by atoms with Crippen molar-refractivity contribution in [1.82, 2.24) is 4.90 Å². The van der Waals surface area contributed by atoms with Crippen LogP contribution < -0.4 is 4.31 Å². The number of fused-ring (bicyclic) bond motifs is 1. The first-order chi connectivity index (χ1) is 13.2. The maximum atomic E-state index is 13.4. The number of nitrogens with zero attached hydrogens (tertiary/aromatic N) is 2. The highest BCUT2D eigenvalue weighted by atomic mass is 32.2. The molecule has 28 heavy (non-hydrogen) atoms. The third kappa shape index (κ3) is 4.22. The number of carbonyl (C=O) groups is 1. The summed E-state index contributed by atoms with van der Waals surface area (Å²) in [5.41, 5.74) is 4.89. The van der Waals surface area contributed by atoms with Crippen molar-refractivity contribution in [2.24, 2.45) is 0 Å². The molecular weight excluding hydrogens is 372 g/mol. The lowest BCUT2D eigenvalue weighted by Crippen LogP contribution is -2.51. The van der Waals surface area contributed by atoms with E-state index in [1.807, 2.05) is 57.2 Å². The quantitative estimate of drug-likeness (QED) is 0.773. The molecule has 0 N–H and O–H groups in total. The van der Waals surface area contributed by atoms with Crippen molar-refractivity contribution < 1.29 is 13.2 Å². The topological polar surface area (TPSA) is 57.7 Å². The smallest absolute Gasteiger partial charge is 0.246 e. The summed E-state index contributed by atoms with van der Waals surface area (Å²) in [5.74, 6) is -0.137. The van der Waals surface area contributed by atoms with Gasteiger partial charge in [-0.05, 0) is 61.1 Å². The van der Waals surface area contributed by atoms with Crippen molar-refractivity contribution in [2.75, 3.05) is 17.1 Å². The molecule has 2 aromatic carbocycles. The molecule has 0 spiro atoms. The molecule has 1 heterocycles. The van der Waals surface area contributed by atoms with Crippen LogP contribution in [0.5, 0.6) is 0 Å². The average Bonchev–Trinajstić information content (AvgIpc) is 2.63. The summed E-state index contributed by atoms with van der Waals surface area (Å²) in [6, 6.07) is 13.0. The predicted octanol–water partition coefficient (Wildman–Crippen LogP) is 3.43. The first-order valence-electron chi connectivity index (χ1n) is 9.64. The molecule has 0 saturated heterocycles. The maximum Gasteiger partial charge on any atom is 0.246 e. The lowest BCUT2D eigenvalue weighted by molar-refractivity contribution is -0.133. The van der Waals surface area contributed by atoms with E-state index in [0.717, 1.165) is 23.1 Å². The number of hydrogen-bond donors (Lipinski definition) is 0. The third-order valence-corrected chi connectivity index (χ3v) is 6.40. The molecule has 2 aromatic rings. The van der Waals surface area contributed by atoms with E-state index in [0.29, 0.717) is 25.2 Å². The molecule has 0 bridgehead atoms. The Morgan fingerprint density at radius 2 is 1.71 bits per heavy atom. The molecule has 0 unspecified atom stereocenters. The molecule has 0 fully saturated rings. The Morgan fingerprint density at radius 1 is 1.11 bits per heavy atom. The van der Waals surface area contributed by atoms with Gasteiger partial charge < -0.3 is 4.90 Å². The minimum absolute atomic E-state index is 0.137. The van der Waals surface area contributed by atoms with Gasteiger partial charge in [0.1, 0.15) is 6.04 Å². The van der Waals surface area contributed by atoms with Gasteiger partial charge in [0.25, 0.3) is 0 Å². The van der Waals surface area contributed by atoms with Crippen LogP contribution in [0.1, 0.15) is 35.6 Å². The monoisotopic (exact) mass is 400 g/mol. The average molecular weight is 401 g/mol. The van der Waals surface area contributed by atoms with Crippen molar-refractivity contribution in [2.45, 2.75) is 46.2 Å². The van der Waals surface area contributed by atoms with E-state index in [4.69, 9.17) is 0 Å². The number of rotatable bonds is 5. The molecule has 1 amide bonds. The number of amides is 1. The van der Waals surface area contributed by atoms with E-state index in [-0.39, 0.29) is 5.91 Å². The van der Waals surface area contributed by atoms with Crippen molar-refractivity contribution in [1.29, 1.82) is 0 Å². The van der Waals surface area contributed by atoms with Gasteiger partial charge in [0.2, 0.25) is 15.9 Å². The largest absolute Gasteiger partial charge is 0.336 e. The number of benzene rings is 2. The van der Waals surface area contributed by atoms with Gasteiger partial charge in [0.05, 0.1) is 11.9 Å². The van der Waals surface area contributed by atoms with Crippen LogP contribution >= 0.6 is 0 Å². The summed E-state index contributed by atoms with van der Waals surface area (Å²) in [6.07, 6.45) is 2.38. The number of carbonyl (C=O) groups excluding carboxylic acids is 1. The predicted molar refractivity (Wildman–Crippen MR) is 113 cm³/mol. The molecule has 6 heteroatoms. The lowest BCUT2D eigenvalue weighted by Gasteiger charge is -2.36. The zero-order valence-corrected chi connectivity index (χ0v) is 17.8. The van der Waals surface area contributed by atoms with Gasteiger partial charge in [-0.2, -0.15) is 0 Å². The minimum atomic E-state index is -3.62. The van der Waals surface area contributed by atoms with Crippen LogP contribution in [0.2, 0.25) is 0 Å². The van der Waals surface area contributed by atoms with E-state index in [1.54, 1.807) is 4.90 Å². The van der Waals surface area contributed by atoms with Gasteiger partial charge in [0, 0.05) is 13.1 Å². The molecule has 0 saturated carbocycles. The van der Waals surface area contributed by atoms with Crippen LogP contribution in [0.4, 0.5) is 5.69 Å². The lowest BCUT2D eigenvalue weighted by atomic mass is 9.99. The summed E-state index contributed by atoms with van der Waals surface area (Å²) in [6.45, 7) is 6.86. The number of hydrogen-bond acceptors (Lipinski definition) is 3. The summed E-state index contributed by atoms with van der Waals surface area (Å²) >= 11 is 0. The van der Waals surface area contributed by atoms with Crippen LogP contribution in [-0.2, 0) is 27.8 Å². The molecule has 5 nitrogen and oxygen atoms in total. The highest BCUT2D eigenvalue weighted by Gasteiger charge is 2.35. The number of sulfonamides is 1. The summed E-state index contributed by atoms with van der Waals surface area (Å²) < 4.78 is 26.7. The molecular formula is C22H28N2O3S. The third-order valence-electron chi connectivity index (χ3n) is 5.22. The fourth-order valence-electron chi connectivity index (χ4n) is 4.02. The van der Waals surface area contributed by atoms with Gasteiger partial charge >= 0.3 is 0 Å². The molecule has 150 valence electrons. The maximum absolute atomic E-state index is 13.4. The normalized spacial score (nSPS) is 15.1. The second-order valence-electron chi connectivity index (χ2n) is 7.61. The number of anilines is 1. The summed E-state index contributed by atoms with van der Waals surface area (Å²) in [5, 5.41) is 0. The van der Waals surface area contributed by atoms with Crippen LogP contribution in [0.25, 0.3) is 0 Å². The second kappa shape index (κ2) is 7.95. The molecule has 0 radical (unpaired) electrons. The van der Waals surface area contributed by atoms with Gasteiger partial charge in [-0.3, -0.25) is 9.10 Å². The zero-order valence-electron chi connectivity index (χ0n) is 17.0. The molecule has 0 aromatic heterocycles. The Hall–Kier alpha value is -2.34. The van der Waals surface area contributed by atoms with E-state index >= 15 is 0 Å². The van der Waals surface area contributed by atoms with Gasteiger partial charge in [-0.1, -0.05) is 37.3 Å². The Kier molecular flexibility index (Phi) is 5.79. The summed E-state index contributed by atoms with van der Waals surface area (Å²) in [4.78, 5) is 15.2. The van der Waals surface area contributed by atoms with Crippen molar-refractivity contribution in [3.63, 3.8) is 0 Å². The Balaban J connectivity index is 1.96. The van der Waals surface area contributed by atoms with Gasteiger partial charge in [-0.15, -0.1) is 0 Å². The van der Waals surface area contributed by atoms with Crippen molar-refractivity contribution in [3.8, 4) is 0 Å². The standard InChI is InChI=1S/C22H28N2O3S/c1-5-21(22(25)23-11-10-18-8-6-7-9-19(18)15-23)24(28(4,26)27)20-13-16(2)12-17(3)14-20/h6-9,12-14,21H,5,10-11,15H2,1-4H3/t21-/m0/s1. The van der Waals surface area contributed by atoms with Gasteiger partial charge in [0.15, 0.2) is 0 Å². The van der Waals surface area contributed by atoms with Crippen LogP contribution in [0, 0.1) is 13.8 Å². The molecule has 1 aliphatic heterocycles. The zero-order chi connectivity index (χ0) is 20.5. The Morgan fingerprint density at radius 3 is 2.29 bits per heavy atom. The van der Waals surface area contributed by atoms with Crippen LogP contribution in [0.3, 0.4) is 0 Å². The molecule has 1 atom stereocenters. The fourth-order valence-corrected chi connectivity index (χ4v) is 5.21. The van der Waals surface area contributed by atoms with Crippen molar-refractivity contribution >= 4 is 21.6 Å². The first-order valence-corrected chi connectivity index (χ1v) is 11.5. The van der Waals surface area contributed by atoms with E-state index in [2.05, 4.69) is 6.07 Å². The second-order valence-corrected chi connectivity index (χ2v) is 9.47. The van der Waals surface area contributed by atoms with E-state index < -0.39 is 16.1 Å². The molecule has 0 aliphatic carbocycles. The van der Waals surface area contributed by atoms with E-state index in [9.17, 15) is 13.2 Å². The van der Waals surface area contributed by atoms with Crippen LogP contribution in [0.15, 0.2) is 42.5 Å². The first kappa shape index (κ1) is 20.4. The minimum Gasteiger partial charge on any atom is -0.336 e. The highest BCUT2D eigenvalue weighted by Crippen LogP contribution is 2.27. The number of aryl methyl sites for hydroxylation is 2. The molecule has 3 rings (SSSR count). The van der Waals surface area contributed by atoms with Crippen molar-refractivity contribution in [3.05, 3.63) is 64.7 Å². The summed E-state index contributed by atoms with van der Waals surface area (Å²) in [7, 11) is -3.62. The molecule has 1 aliphatic rings. The highest BCUT2D eigenvalue weighted by molar-refractivity contribution is 7.92. The van der Waals surface area contributed by atoms with Gasteiger partial charge in [-0.25, -0.2) is 8.42 Å². The van der Waals surface area contributed by atoms with E-state index in [1.165, 1.54) is 16.1 Å². The Bertz CT molecular complexity index is 965. The van der Waals surface area contributed by atoms with Crippen LogP contribution in [-0.4, -0.2) is 38.1 Å². The Labute approximate surface area is 168 Å². The fraction of sp³-hybridized carbons (Fsp3) is 0.409.